The highest BCUT2D eigenvalue weighted by molar-refractivity contribution is 5.67. The van der Waals surface area contributed by atoms with Crippen molar-refractivity contribution in [2.45, 2.75) is 72.1 Å². The fourth-order valence-corrected chi connectivity index (χ4v) is 2.63. The Labute approximate surface area is 123 Å². The molecule has 0 aliphatic carbocycles. The van der Waals surface area contributed by atoms with E-state index in [1.807, 2.05) is 0 Å². The van der Waals surface area contributed by atoms with E-state index in [1.54, 1.807) is 0 Å². The quantitative estimate of drug-likeness (QED) is 0.787. The first-order valence-electron chi connectivity index (χ1n) is 7.62. The van der Waals surface area contributed by atoms with Crippen LogP contribution in [0.25, 0.3) is 0 Å². The molecule has 0 aliphatic rings. The van der Waals surface area contributed by atoms with Crippen molar-refractivity contribution < 1.29 is 9.90 Å². The van der Waals surface area contributed by atoms with E-state index in [0.29, 0.717) is 24.2 Å². The van der Waals surface area contributed by atoms with Crippen LogP contribution >= 0.6 is 0 Å². The van der Waals surface area contributed by atoms with Gasteiger partial charge >= 0.3 is 5.97 Å². The van der Waals surface area contributed by atoms with E-state index >= 15 is 0 Å². The predicted octanol–water partition coefficient (Wildman–Crippen LogP) is 5.07. The molecule has 1 aromatic rings. The van der Waals surface area contributed by atoms with Crippen LogP contribution in [0.3, 0.4) is 0 Å². The summed E-state index contributed by atoms with van der Waals surface area (Å²) in [5.41, 5.74) is 5.25. The summed E-state index contributed by atoms with van der Waals surface area (Å²) in [6.45, 7) is 13.2. The fourth-order valence-electron chi connectivity index (χ4n) is 2.63. The molecule has 0 radical (unpaired) electrons. The monoisotopic (exact) mass is 276 g/mol. The van der Waals surface area contributed by atoms with E-state index in [2.05, 4.69) is 53.7 Å². The van der Waals surface area contributed by atoms with Gasteiger partial charge in [0.25, 0.3) is 0 Å². The van der Waals surface area contributed by atoms with E-state index in [-0.39, 0.29) is 6.42 Å². The number of rotatable bonds is 6. The zero-order valence-electron chi connectivity index (χ0n) is 13.7. The topological polar surface area (TPSA) is 37.3 Å². The average Bonchev–Trinajstić information content (AvgIpc) is 2.34. The van der Waals surface area contributed by atoms with Gasteiger partial charge in [0, 0.05) is 6.42 Å². The van der Waals surface area contributed by atoms with Gasteiger partial charge in [0.05, 0.1) is 0 Å². The Kier molecular flexibility index (Phi) is 5.79. The maximum absolute atomic E-state index is 10.9. The molecule has 0 saturated heterocycles. The largest absolute Gasteiger partial charge is 0.481 e. The minimum Gasteiger partial charge on any atom is -0.481 e. The lowest BCUT2D eigenvalue weighted by atomic mass is 9.83. The van der Waals surface area contributed by atoms with Gasteiger partial charge in [-0.1, -0.05) is 53.7 Å². The number of carbonyl (C=O) groups is 1. The van der Waals surface area contributed by atoms with Crippen molar-refractivity contribution in [2.75, 3.05) is 0 Å². The maximum atomic E-state index is 10.9. The van der Waals surface area contributed by atoms with Crippen molar-refractivity contribution in [3.8, 4) is 0 Å². The molecule has 0 heterocycles. The summed E-state index contributed by atoms with van der Waals surface area (Å²) in [6, 6.07) is 4.55. The normalized spacial score (nSPS) is 11.7. The minimum absolute atomic E-state index is 0.209. The Morgan fingerprint density at radius 1 is 0.950 bits per heavy atom. The molecule has 20 heavy (non-hydrogen) atoms. The second-order valence-corrected chi connectivity index (χ2v) is 6.54. The Morgan fingerprint density at radius 2 is 1.40 bits per heavy atom. The third-order valence-corrected chi connectivity index (χ3v) is 3.84. The van der Waals surface area contributed by atoms with Crippen molar-refractivity contribution in [3.63, 3.8) is 0 Å². The number of carboxylic acid groups (broad SMARTS) is 1. The highest BCUT2D eigenvalue weighted by atomic mass is 16.4. The molecule has 1 N–H and O–H groups in total. The van der Waals surface area contributed by atoms with Gasteiger partial charge in [-0.2, -0.15) is 0 Å². The third-order valence-electron chi connectivity index (χ3n) is 3.84. The third kappa shape index (κ3) is 4.09. The van der Waals surface area contributed by atoms with Crippen LogP contribution in [0.1, 0.15) is 88.0 Å². The van der Waals surface area contributed by atoms with Gasteiger partial charge < -0.3 is 5.11 Å². The molecule has 0 fully saturated rings. The number of hydrogen-bond donors (Lipinski definition) is 1. The van der Waals surface area contributed by atoms with Crippen molar-refractivity contribution >= 4 is 5.97 Å². The van der Waals surface area contributed by atoms with Gasteiger partial charge in [0.2, 0.25) is 0 Å². The molecule has 0 atom stereocenters. The molecule has 0 amide bonds. The van der Waals surface area contributed by atoms with Gasteiger partial charge in [0.15, 0.2) is 0 Å². The number of carboxylic acids is 1. The van der Waals surface area contributed by atoms with Crippen LogP contribution in [0.2, 0.25) is 0 Å². The molecular weight excluding hydrogens is 248 g/mol. The standard InChI is InChI=1S/C18H28O2/c1-11(2)14-9-16(12(3)4)15(7-8-18(19)20)17(10-14)13(5)6/h9-13H,7-8H2,1-6H3,(H,19,20). The molecule has 1 rings (SSSR count). The van der Waals surface area contributed by atoms with Crippen LogP contribution in [-0.4, -0.2) is 11.1 Å². The second-order valence-electron chi connectivity index (χ2n) is 6.54. The lowest BCUT2D eigenvalue weighted by molar-refractivity contribution is -0.136. The van der Waals surface area contributed by atoms with Crippen molar-refractivity contribution in [2.24, 2.45) is 0 Å². The van der Waals surface area contributed by atoms with Gasteiger partial charge in [-0.3, -0.25) is 4.79 Å². The van der Waals surface area contributed by atoms with Crippen LogP contribution in [-0.2, 0) is 11.2 Å². The summed E-state index contributed by atoms with van der Waals surface area (Å²) < 4.78 is 0. The number of hydrogen-bond acceptors (Lipinski definition) is 1. The molecular formula is C18H28O2. The number of benzene rings is 1. The minimum atomic E-state index is -0.720. The summed E-state index contributed by atoms with van der Waals surface area (Å²) in [5, 5.41) is 8.98. The van der Waals surface area contributed by atoms with Gasteiger partial charge in [0.1, 0.15) is 0 Å². The fraction of sp³-hybridized carbons (Fsp3) is 0.611. The van der Waals surface area contributed by atoms with E-state index in [4.69, 9.17) is 5.11 Å². The zero-order valence-corrected chi connectivity index (χ0v) is 13.7. The van der Waals surface area contributed by atoms with E-state index in [1.165, 1.54) is 22.3 Å². The lowest BCUT2D eigenvalue weighted by Crippen LogP contribution is -2.08. The second kappa shape index (κ2) is 6.92. The zero-order chi connectivity index (χ0) is 15.4. The highest BCUT2D eigenvalue weighted by Gasteiger charge is 2.17. The van der Waals surface area contributed by atoms with E-state index < -0.39 is 5.97 Å². The summed E-state index contributed by atoms with van der Waals surface area (Å²) in [4.78, 5) is 10.9. The Morgan fingerprint density at radius 3 is 1.70 bits per heavy atom. The van der Waals surface area contributed by atoms with Crippen LogP contribution in [0.15, 0.2) is 12.1 Å². The summed E-state index contributed by atoms with van der Waals surface area (Å²) >= 11 is 0. The SMILES string of the molecule is CC(C)c1cc(C(C)C)c(CCC(=O)O)c(C(C)C)c1. The van der Waals surface area contributed by atoms with Crippen molar-refractivity contribution in [1.82, 2.24) is 0 Å². The molecule has 0 aliphatic heterocycles. The van der Waals surface area contributed by atoms with E-state index in [0.717, 1.165) is 0 Å². The van der Waals surface area contributed by atoms with Crippen LogP contribution in [0, 0.1) is 0 Å². The Bertz CT molecular complexity index is 441. The molecule has 0 saturated carbocycles. The molecule has 112 valence electrons. The van der Waals surface area contributed by atoms with Gasteiger partial charge in [-0.25, -0.2) is 0 Å². The molecule has 0 aromatic heterocycles. The van der Waals surface area contributed by atoms with Crippen LogP contribution in [0.5, 0.6) is 0 Å². The molecule has 0 spiro atoms. The first-order valence-corrected chi connectivity index (χ1v) is 7.62. The van der Waals surface area contributed by atoms with Crippen molar-refractivity contribution in [3.05, 3.63) is 34.4 Å². The van der Waals surface area contributed by atoms with Crippen LogP contribution in [0.4, 0.5) is 0 Å². The average molecular weight is 276 g/mol. The Balaban J connectivity index is 3.38. The molecule has 2 nitrogen and oxygen atoms in total. The Hall–Kier alpha value is -1.31. The molecule has 0 unspecified atom stereocenters. The predicted molar refractivity (Wildman–Crippen MR) is 84.7 cm³/mol. The smallest absolute Gasteiger partial charge is 0.303 e. The lowest BCUT2D eigenvalue weighted by Gasteiger charge is -2.22. The first-order chi connectivity index (χ1) is 9.23. The summed E-state index contributed by atoms with van der Waals surface area (Å²) in [5.74, 6) is 0.630. The van der Waals surface area contributed by atoms with Gasteiger partial charge in [-0.05, 0) is 46.4 Å². The maximum Gasteiger partial charge on any atom is 0.303 e. The van der Waals surface area contributed by atoms with Crippen LogP contribution < -0.4 is 0 Å². The highest BCUT2D eigenvalue weighted by Crippen LogP contribution is 2.32. The van der Waals surface area contributed by atoms with E-state index in [9.17, 15) is 4.79 Å². The van der Waals surface area contributed by atoms with Gasteiger partial charge in [-0.15, -0.1) is 0 Å². The molecule has 0 bridgehead atoms. The number of aliphatic carboxylic acids is 1. The summed E-state index contributed by atoms with van der Waals surface area (Å²) in [7, 11) is 0. The summed E-state index contributed by atoms with van der Waals surface area (Å²) in [6.07, 6.45) is 0.842. The molecule has 1 aromatic carbocycles. The first kappa shape index (κ1) is 16.7. The van der Waals surface area contributed by atoms with Crippen molar-refractivity contribution in [1.29, 1.82) is 0 Å². The molecule has 2 heteroatoms.